The van der Waals surface area contributed by atoms with Crippen molar-refractivity contribution < 1.29 is 19.1 Å². The molecule has 114 valence electrons. The maximum Gasteiger partial charge on any atom is 0.226 e. The van der Waals surface area contributed by atoms with Crippen LogP contribution in [-0.2, 0) is 16.0 Å². The van der Waals surface area contributed by atoms with Crippen LogP contribution in [0.3, 0.4) is 0 Å². The summed E-state index contributed by atoms with van der Waals surface area (Å²) in [6, 6.07) is 3.65. The van der Waals surface area contributed by atoms with Gasteiger partial charge in [0, 0.05) is 18.5 Å². The van der Waals surface area contributed by atoms with E-state index < -0.39 is 0 Å². The molecule has 0 unspecified atom stereocenters. The van der Waals surface area contributed by atoms with Gasteiger partial charge < -0.3 is 19.6 Å². The fourth-order valence-corrected chi connectivity index (χ4v) is 2.48. The predicted molar refractivity (Wildman–Crippen MR) is 79.1 cm³/mol. The Kier molecular flexibility index (Phi) is 6.39. The first-order chi connectivity index (χ1) is 10.3. The van der Waals surface area contributed by atoms with Crippen molar-refractivity contribution in [2.24, 2.45) is 0 Å². The monoisotopic (exact) mass is 310 g/mol. The van der Waals surface area contributed by atoms with Crippen LogP contribution in [0.1, 0.15) is 12.1 Å². The number of amides is 1. The van der Waals surface area contributed by atoms with Crippen LogP contribution in [0.2, 0.25) is 0 Å². The average Bonchev–Trinajstić information content (AvgIpc) is 3.13. The number of aliphatic hydroxyl groups excluding tert-OH is 1. The zero-order valence-corrected chi connectivity index (χ0v) is 12.4. The second kappa shape index (κ2) is 8.56. The largest absolute Gasteiger partial charge is 0.462 e. The topological polar surface area (TPSA) is 84.6 Å². The SMILES string of the molecule is O=C(Cc1csc(-c2ccco2)n1)NCCCOCCO. The van der Waals surface area contributed by atoms with Gasteiger partial charge >= 0.3 is 0 Å². The van der Waals surface area contributed by atoms with Gasteiger partial charge in [-0.1, -0.05) is 0 Å². The van der Waals surface area contributed by atoms with E-state index in [2.05, 4.69) is 10.3 Å². The van der Waals surface area contributed by atoms with E-state index in [1.54, 1.807) is 6.26 Å². The van der Waals surface area contributed by atoms with Gasteiger partial charge in [0.1, 0.15) is 0 Å². The molecule has 0 fully saturated rings. The minimum atomic E-state index is -0.0616. The molecule has 21 heavy (non-hydrogen) atoms. The molecule has 0 aliphatic heterocycles. The minimum absolute atomic E-state index is 0.0220. The van der Waals surface area contributed by atoms with Crippen molar-refractivity contribution in [1.82, 2.24) is 10.3 Å². The van der Waals surface area contributed by atoms with Crippen LogP contribution in [0.4, 0.5) is 0 Å². The smallest absolute Gasteiger partial charge is 0.226 e. The van der Waals surface area contributed by atoms with E-state index in [4.69, 9.17) is 14.3 Å². The molecule has 2 rings (SSSR count). The third-order valence-corrected chi connectivity index (χ3v) is 3.55. The predicted octanol–water partition coefficient (Wildman–Crippen LogP) is 1.46. The Labute approximate surface area is 126 Å². The van der Waals surface area contributed by atoms with Gasteiger partial charge in [0.25, 0.3) is 0 Å². The molecule has 2 N–H and O–H groups in total. The number of carbonyl (C=O) groups excluding carboxylic acids is 1. The summed E-state index contributed by atoms with van der Waals surface area (Å²) in [5.74, 6) is 0.654. The second-order valence-electron chi connectivity index (χ2n) is 4.34. The number of nitrogens with one attached hydrogen (secondary N) is 1. The van der Waals surface area contributed by atoms with Gasteiger partial charge in [-0.15, -0.1) is 11.3 Å². The van der Waals surface area contributed by atoms with Gasteiger partial charge in [0.05, 0.1) is 31.6 Å². The van der Waals surface area contributed by atoms with Gasteiger partial charge in [0.15, 0.2) is 10.8 Å². The summed E-state index contributed by atoms with van der Waals surface area (Å²) in [5.41, 5.74) is 0.737. The summed E-state index contributed by atoms with van der Waals surface area (Å²) >= 11 is 1.46. The van der Waals surface area contributed by atoms with Crippen molar-refractivity contribution >= 4 is 17.2 Å². The maximum absolute atomic E-state index is 11.7. The molecular formula is C14H18N2O4S. The highest BCUT2D eigenvalue weighted by atomic mass is 32.1. The van der Waals surface area contributed by atoms with E-state index >= 15 is 0 Å². The Bertz CT molecular complexity index is 539. The van der Waals surface area contributed by atoms with Crippen LogP contribution < -0.4 is 5.32 Å². The van der Waals surface area contributed by atoms with E-state index in [-0.39, 0.29) is 18.9 Å². The van der Waals surface area contributed by atoms with Crippen LogP contribution in [0.25, 0.3) is 10.8 Å². The summed E-state index contributed by atoms with van der Waals surface area (Å²) in [4.78, 5) is 16.1. The third kappa shape index (κ3) is 5.30. The Hall–Kier alpha value is -1.70. The summed E-state index contributed by atoms with van der Waals surface area (Å²) < 4.78 is 10.4. The van der Waals surface area contributed by atoms with Gasteiger partial charge in [-0.05, 0) is 18.6 Å². The van der Waals surface area contributed by atoms with Crippen molar-refractivity contribution in [2.75, 3.05) is 26.4 Å². The van der Waals surface area contributed by atoms with Crippen molar-refractivity contribution in [3.05, 3.63) is 29.5 Å². The van der Waals surface area contributed by atoms with E-state index in [1.807, 2.05) is 17.5 Å². The molecule has 2 aromatic rings. The van der Waals surface area contributed by atoms with E-state index in [1.165, 1.54) is 11.3 Å². The number of nitrogens with zero attached hydrogens (tertiary/aromatic N) is 1. The third-order valence-electron chi connectivity index (χ3n) is 2.65. The van der Waals surface area contributed by atoms with Gasteiger partial charge in [0.2, 0.25) is 5.91 Å². The van der Waals surface area contributed by atoms with Crippen molar-refractivity contribution in [2.45, 2.75) is 12.8 Å². The molecule has 0 atom stereocenters. The number of thiazole rings is 1. The Morgan fingerprint density at radius 3 is 3.14 bits per heavy atom. The molecule has 0 radical (unpaired) electrons. The standard InChI is InChI=1S/C14H18N2O4S/c17-5-8-19-6-2-4-15-13(18)9-11-10-21-14(16-11)12-3-1-7-20-12/h1,3,7,10,17H,2,4-6,8-9H2,(H,15,18). The molecule has 0 saturated carbocycles. The Morgan fingerprint density at radius 1 is 1.48 bits per heavy atom. The lowest BCUT2D eigenvalue weighted by molar-refractivity contribution is -0.120. The number of ether oxygens (including phenoxy) is 1. The number of aromatic nitrogens is 1. The highest BCUT2D eigenvalue weighted by molar-refractivity contribution is 7.13. The molecule has 7 heteroatoms. The van der Waals surface area contributed by atoms with Crippen LogP contribution in [0, 0.1) is 0 Å². The minimum Gasteiger partial charge on any atom is -0.462 e. The summed E-state index contributed by atoms with van der Waals surface area (Å²) in [5, 5.41) is 14.0. The first-order valence-electron chi connectivity index (χ1n) is 6.73. The van der Waals surface area contributed by atoms with Crippen LogP contribution >= 0.6 is 11.3 Å². The molecule has 0 bridgehead atoms. The fraction of sp³-hybridized carbons (Fsp3) is 0.429. The highest BCUT2D eigenvalue weighted by Crippen LogP contribution is 2.23. The molecule has 2 heterocycles. The number of aliphatic hydroxyl groups is 1. The second-order valence-corrected chi connectivity index (χ2v) is 5.20. The lowest BCUT2D eigenvalue weighted by Gasteiger charge is -2.04. The summed E-state index contributed by atoms with van der Waals surface area (Å²) in [7, 11) is 0. The van der Waals surface area contributed by atoms with E-state index in [0.29, 0.717) is 25.5 Å². The molecule has 0 aliphatic rings. The molecule has 0 saturated heterocycles. The van der Waals surface area contributed by atoms with Gasteiger partial charge in [-0.25, -0.2) is 4.98 Å². The zero-order chi connectivity index (χ0) is 14.9. The number of carbonyl (C=O) groups is 1. The van der Waals surface area contributed by atoms with Crippen LogP contribution in [0.15, 0.2) is 28.2 Å². The molecule has 2 aromatic heterocycles. The Morgan fingerprint density at radius 2 is 2.38 bits per heavy atom. The molecule has 1 amide bonds. The van der Waals surface area contributed by atoms with E-state index in [0.717, 1.165) is 17.1 Å². The number of hydrogen-bond donors (Lipinski definition) is 2. The Balaban J connectivity index is 1.68. The number of rotatable bonds is 9. The van der Waals surface area contributed by atoms with Crippen molar-refractivity contribution in [3.63, 3.8) is 0 Å². The van der Waals surface area contributed by atoms with Crippen molar-refractivity contribution in [3.8, 4) is 10.8 Å². The lowest BCUT2D eigenvalue weighted by atomic mass is 10.3. The van der Waals surface area contributed by atoms with Crippen molar-refractivity contribution in [1.29, 1.82) is 0 Å². The maximum atomic E-state index is 11.7. The lowest BCUT2D eigenvalue weighted by Crippen LogP contribution is -2.27. The molecular weight excluding hydrogens is 292 g/mol. The highest BCUT2D eigenvalue weighted by Gasteiger charge is 2.10. The molecule has 0 aromatic carbocycles. The quantitative estimate of drug-likeness (QED) is 0.685. The summed E-state index contributed by atoms with van der Waals surface area (Å²) in [6.07, 6.45) is 2.58. The molecule has 6 nitrogen and oxygen atoms in total. The van der Waals surface area contributed by atoms with Crippen LogP contribution in [-0.4, -0.2) is 42.4 Å². The van der Waals surface area contributed by atoms with Gasteiger partial charge in [-0.2, -0.15) is 0 Å². The normalized spacial score (nSPS) is 10.7. The fourth-order valence-electron chi connectivity index (χ4n) is 1.70. The zero-order valence-electron chi connectivity index (χ0n) is 11.6. The van der Waals surface area contributed by atoms with E-state index in [9.17, 15) is 4.79 Å². The van der Waals surface area contributed by atoms with Crippen LogP contribution in [0.5, 0.6) is 0 Å². The number of hydrogen-bond acceptors (Lipinski definition) is 6. The first-order valence-corrected chi connectivity index (χ1v) is 7.61. The molecule has 0 spiro atoms. The summed E-state index contributed by atoms with van der Waals surface area (Å²) in [6.45, 7) is 1.44. The number of furan rings is 1. The first kappa shape index (κ1) is 15.7. The van der Waals surface area contributed by atoms with Gasteiger partial charge in [-0.3, -0.25) is 4.79 Å². The molecule has 0 aliphatic carbocycles. The average molecular weight is 310 g/mol.